The van der Waals surface area contributed by atoms with Crippen molar-refractivity contribution in [2.24, 2.45) is 5.92 Å². The van der Waals surface area contributed by atoms with E-state index in [9.17, 15) is 9.59 Å². The Bertz CT molecular complexity index is 307. The van der Waals surface area contributed by atoms with E-state index < -0.39 is 0 Å². The van der Waals surface area contributed by atoms with Crippen LogP contribution in [0, 0.1) is 5.92 Å². The molecule has 3 amide bonds. The highest BCUT2D eigenvalue weighted by Crippen LogP contribution is 2.21. The molecule has 0 atom stereocenters. The summed E-state index contributed by atoms with van der Waals surface area (Å²) in [7, 11) is 0. The SMILES string of the molecule is CCCNC(=O)C1CCN(C(=O)NC2CC2)CC1. The van der Waals surface area contributed by atoms with Crippen LogP contribution in [0.4, 0.5) is 4.79 Å². The zero-order valence-electron chi connectivity index (χ0n) is 11.1. The van der Waals surface area contributed by atoms with Gasteiger partial charge in [-0.05, 0) is 32.1 Å². The van der Waals surface area contributed by atoms with Gasteiger partial charge in [-0.3, -0.25) is 4.79 Å². The predicted molar refractivity (Wildman–Crippen MR) is 69.2 cm³/mol. The number of carbonyl (C=O) groups is 2. The summed E-state index contributed by atoms with van der Waals surface area (Å²) in [6, 6.07) is 0.452. The maximum atomic E-state index is 11.8. The highest BCUT2D eigenvalue weighted by Gasteiger charge is 2.30. The second kappa shape index (κ2) is 6.07. The minimum absolute atomic E-state index is 0.0462. The monoisotopic (exact) mass is 253 g/mol. The van der Waals surface area contributed by atoms with E-state index in [0.29, 0.717) is 19.1 Å². The van der Waals surface area contributed by atoms with Gasteiger partial charge in [0.2, 0.25) is 5.91 Å². The van der Waals surface area contributed by atoms with Gasteiger partial charge in [0.15, 0.2) is 0 Å². The number of rotatable bonds is 4. The molecular formula is C13H23N3O2. The molecule has 2 fully saturated rings. The summed E-state index contributed by atoms with van der Waals surface area (Å²) in [6.45, 7) is 4.19. The summed E-state index contributed by atoms with van der Waals surface area (Å²) in [5.74, 6) is 0.237. The van der Waals surface area contributed by atoms with E-state index in [2.05, 4.69) is 10.6 Å². The lowest BCUT2D eigenvalue weighted by Crippen LogP contribution is -2.47. The molecule has 5 nitrogen and oxygen atoms in total. The second-order valence-corrected chi connectivity index (χ2v) is 5.28. The summed E-state index contributed by atoms with van der Waals surface area (Å²) in [5.41, 5.74) is 0. The summed E-state index contributed by atoms with van der Waals surface area (Å²) in [5, 5.41) is 5.92. The number of likely N-dealkylation sites (tertiary alicyclic amines) is 1. The molecule has 18 heavy (non-hydrogen) atoms. The lowest BCUT2D eigenvalue weighted by Gasteiger charge is -2.31. The molecule has 1 saturated heterocycles. The molecule has 2 aliphatic rings. The number of piperidine rings is 1. The largest absolute Gasteiger partial charge is 0.356 e. The Morgan fingerprint density at radius 3 is 2.39 bits per heavy atom. The molecule has 0 aromatic rings. The van der Waals surface area contributed by atoms with Gasteiger partial charge in [0.25, 0.3) is 0 Å². The third-order valence-corrected chi connectivity index (χ3v) is 3.61. The number of nitrogens with one attached hydrogen (secondary N) is 2. The average molecular weight is 253 g/mol. The van der Waals surface area contributed by atoms with Gasteiger partial charge in [-0.2, -0.15) is 0 Å². The first-order chi connectivity index (χ1) is 8.70. The molecule has 2 rings (SSSR count). The third kappa shape index (κ3) is 3.62. The first-order valence-corrected chi connectivity index (χ1v) is 7.04. The van der Waals surface area contributed by atoms with Crippen LogP contribution in [0.25, 0.3) is 0 Å². The summed E-state index contributed by atoms with van der Waals surface area (Å²) >= 11 is 0. The normalized spacial score (nSPS) is 20.6. The first kappa shape index (κ1) is 13.2. The molecule has 1 saturated carbocycles. The summed E-state index contributed by atoms with van der Waals surface area (Å²) < 4.78 is 0. The fraction of sp³-hybridized carbons (Fsp3) is 0.846. The summed E-state index contributed by atoms with van der Waals surface area (Å²) in [6.07, 6.45) is 4.76. The van der Waals surface area contributed by atoms with Crippen molar-refractivity contribution >= 4 is 11.9 Å². The van der Waals surface area contributed by atoms with Crippen molar-refractivity contribution < 1.29 is 9.59 Å². The van der Waals surface area contributed by atoms with Crippen LogP contribution in [-0.4, -0.2) is 42.5 Å². The molecule has 102 valence electrons. The first-order valence-electron chi connectivity index (χ1n) is 7.04. The molecule has 0 bridgehead atoms. The van der Waals surface area contributed by atoms with Crippen molar-refractivity contribution in [3.05, 3.63) is 0 Å². The number of amides is 3. The number of nitrogens with zero attached hydrogens (tertiary/aromatic N) is 1. The quantitative estimate of drug-likeness (QED) is 0.788. The molecule has 1 aliphatic carbocycles. The Labute approximate surface area is 108 Å². The summed E-state index contributed by atoms with van der Waals surface area (Å²) in [4.78, 5) is 25.4. The Balaban J connectivity index is 1.69. The Kier molecular flexibility index (Phi) is 4.44. The van der Waals surface area contributed by atoms with Crippen molar-refractivity contribution in [1.29, 1.82) is 0 Å². The van der Waals surface area contributed by atoms with Gasteiger partial charge in [0, 0.05) is 31.6 Å². The van der Waals surface area contributed by atoms with E-state index in [4.69, 9.17) is 0 Å². The van der Waals surface area contributed by atoms with Crippen molar-refractivity contribution in [3.8, 4) is 0 Å². The molecule has 1 heterocycles. The van der Waals surface area contributed by atoms with Gasteiger partial charge in [0.05, 0.1) is 0 Å². The highest BCUT2D eigenvalue weighted by atomic mass is 16.2. The Hall–Kier alpha value is -1.26. The van der Waals surface area contributed by atoms with Gasteiger partial charge in [0.1, 0.15) is 0 Å². The van der Waals surface area contributed by atoms with Crippen LogP contribution in [-0.2, 0) is 4.79 Å². The Morgan fingerprint density at radius 2 is 1.83 bits per heavy atom. The lowest BCUT2D eigenvalue weighted by molar-refractivity contribution is -0.126. The van der Waals surface area contributed by atoms with E-state index in [-0.39, 0.29) is 17.9 Å². The topological polar surface area (TPSA) is 61.4 Å². The Morgan fingerprint density at radius 1 is 1.17 bits per heavy atom. The van der Waals surface area contributed by atoms with Gasteiger partial charge in [-0.1, -0.05) is 6.92 Å². The molecule has 0 spiro atoms. The third-order valence-electron chi connectivity index (χ3n) is 3.61. The molecule has 0 radical (unpaired) electrons. The van der Waals surface area contributed by atoms with E-state index >= 15 is 0 Å². The zero-order valence-corrected chi connectivity index (χ0v) is 11.1. The van der Waals surface area contributed by atoms with Crippen molar-refractivity contribution in [2.45, 2.75) is 45.1 Å². The van der Waals surface area contributed by atoms with Gasteiger partial charge < -0.3 is 15.5 Å². The van der Waals surface area contributed by atoms with E-state index in [1.54, 1.807) is 0 Å². The maximum absolute atomic E-state index is 11.8. The van der Waals surface area contributed by atoms with E-state index in [1.165, 1.54) is 0 Å². The van der Waals surface area contributed by atoms with Crippen LogP contribution < -0.4 is 10.6 Å². The zero-order chi connectivity index (χ0) is 13.0. The van der Waals surface area contributed by atoms with E-state index in [1.807, 2.05) is 11.8 Å². The van der Waals surface area contributed by atoms with Crippen molar-refractivity contribution in [2.75, 3.05) is 19.6 Å². The van der Waals surface area contributed by atoms with Crippen LogP contribution >= 0.6 is 0 Å². The van der Waals surface area contributed by atoms with Crippen LogP contribution in [0.2, 0.25) is 0 Å². The van der Waals surface area contributed by atoms with Crippen LogP contribution in [0.5, 0.6) is 0 Å². The standard InChI is InChI=1S/C13H23N3O2/c1-2-7-14-12(17)10-5-8-16(9-6-10)13(18)15-11-3-4-11/h10-11H,2-9H2,1H3,(H,14,17)(H,15,18). The number of hydrogen-bond donors (Lipinski definition) is 2. The van der Waals surface area contributed by atoms with Gasteiger partial charge >= 0.3 is 6.03 Å². The van der Waals surface area contributed by atoms with Crippen LogP contribution in [0.3, 0.4) is 0 Å². The molecule has 0 aromatic carbocycles. The fourth-order valence-corrected chi connectivity index (χ4v) is 2.23. The molecule has 5 heteroatoms. The smallest absolute Gasteiger partial charge is 0.317 e. The van der Waals surface area contributed by atoms with Crippen LogP contribution in [0.15, 0.2) is 0 Å². The van der Waals surface area contributed by atoms with Crippen molar-refractivity contribution in [1.82, 2.24) is 15.5 Å². The minimum atomic E-state index is 0.0462. The number of hydrogen-bond acceptors (Lipinski definition) is 2. The fourth-order valence-electron chi connectivity index (χ4n) is 2.23. The predicted octanol–water partition coefficient (Wildman–Crippen LogP) is 1.10. The molecule has 2 N–H and O–H groups in total. The number of urea groups is 1. The van der Waals surface area contributed by atoms with Crippen LogP contribution in [0.1, 0.15) is 39.0 Å². The van der Waals surface area contributed by atoms with E-state index in [0.717, 1.165) is 38.6 Å². The molecule has 0 aromatic heterocycles. The molecular weight excluding hydrogens is 230 g/mol. The second-order valence-electron chi connectivity index (χ2n) is 5.28. The average Bonchev–Trinajstić information content (AvgIpc) is 3.20. The van der Waals surface area contributed by atoms with Gasteiger partial charge in [-0.15, -0.1) is 0 Å². The van der Waals surface area contributed by atoms with Crippen molar-refractivity contribution in [3.63, 3.8) is 0 Å². The number of carbonyl (C=O) groups excluding carboxylic acids is 2. The molecule has 1 aliphatic heterocycles. The van der Waals surface area contributed by atoms with Gasteiger partial charge in [-0.25, -0.2) is 4.79 Å². The minimum Gasteiger partial charge on any atom is -0.356 e. The highest BCUT2D eigenvalue weighted by molar-refractivity contribution is 5.79. The lowest BCUT2D eigenvalue weighted by atomic mass is 9.96. The molecule has 0 unspecified atom stereocenters. The maximum Gasteiger partial charge on any atom is 0.317 e.